The zero-order valence-electron chi connectivity index (χ0n) is 12.5. The van der Waals surface area contributed by atoms with E-state index in [0.29, 0.717) is 12.3 Å². The van der Waals surface area contributed by atoms with E-state index in [4.69, 9.17) is 4.74 Å². The molecule has 0 atom stereocenters. The number of hydrogen-bond acceptors (Lipinski definition) is 5. The van der Waals surface area contributed by atoms with Crippen LogP contribution in [0.15, 0.2) is 48.8 Å². The van der Waals surface area contributed by atoms with Crippen molar-refractivity contribution in [1.82, 2.24) is 15.0 Å². The van der Waals surface area contributed by atoms with Gasteiger partial charge in [0.2, 0.25) is 0 Å². The highest BCUT2D eigenvalue weighted by molar-refractivity contribution is 5.71. The highest BCUT2D eigenvalue weighted by Crippen LogP contribution is 2.18. The Balaban J connectivity index is 1.64. The fourth-order valence-electron chi connectivity index (χ4n) is 2.28. The van der Waals surface area contributed by atoms with E-state index >= 15 is 0 Å². The first-order valence-electron chi connectivity index (χ1n) is 7.39. The third-order valence-electron chi connectivity index (χ3n) is 3.30. The van der Waals surface area contributed by atoms with Crippen molar-refractivity contribution in [2.75, 3.05) is 18.5 Å². The molecule has 2 heterocycles. The average Bonchev–Trinajstić information content (AvgIpc) is 2.56. The number of nitrogens with zero attached hydrogens (tertiary/aromatic N) is 3. The van der Waals surface area contributed by atoms with Gasteiger partial charge >= 0.3 is 0 Å². The Morgan fingerprint density at radius 1 is 1.05 bits per heavy atom. The molecule has 0 aliphatic carbocycles. The second-order valence-electron chi connectivity index (χ2n) is 4.81. The van der Waals surface area contributed by atoms with E-state index in [2.05, 4.69) is 26.3 Å². The molecule has 3 aromatic rings. The quantitative estimate of drug-likeness (QED) is 0.757. The van der Waals surface area contributed by atoms with Crippen LogP contribution in [0, 0.1) is 0 Å². The Morgan fingerprint density at radius 2 is 1.91 bits per heavy atom. The first-order chi connectivity index (χ1) is 10.9. The monoisotopic (exact) mass is 294 g/mol. The molecule has 2 aromatic heterocycles. The molecule has 0 aliphatic rings. The Morgan fingerprint density at radius 3 is 2.82 bits per heavy atom. The maximum Gasteiger partial charge on any atom is 0.180 e. The minimum atomic E-state index is 0.655. The summed E-state index contributed by atoms with van der Waals surface area (Å²) in [6, 6.07) is 12.0. The number of aromatic nitrogens is 3. The molecule has 1 aromatic carbocycles. The average molecular weight is 294 g/mol. The van der Waals surface area contributed by atoms with Gasteiger partial charge in [0.25, 0.3) is 0 Å². The first kappa shape index (κ1) is 14.3. The van der Waals surface area contributed by atoms with Gasteiger partial charge in [-0.3, -0.25) is 4.98 Å². The van der Waals surface area contributed by atoms with Crippen LogP contribution in [0.2, 0.25) is 0 Å². The summed E-state index contributed by atoms with van der Waals surface area (Å²) < 4.78 is 5.64. The zero-order valence-corrected chi connectivity index (χ0v) is 12.5. The SMILES string of the molecule is CCOc1ccccc1CCNc1ccc2nccnc2n1. The molecule has 5 nitrogen and oxygen atoms in total. The number of nitrogens with one attached hydrogen (secondary N) is 1. The summed E-state index contributed by atoms with van der Waals surface area (Å²) in [5.74, 6) is 1.76. The van der Waals surface area contributed by atoms with Gasteiger partial charge in [-0.2, -0.15) is 0 Å². The normalized spacial score (nSPS) is 10.6. The first-order valence-corrected chi connectivity index (χ1v) is 7.39. The van der Waals surface area contributed by atoms with Gasteiger partial charge in [-0.1, -0.05) is 18.2 Å². The molecule has 0 aliphatic heterocycles. The molecule has 0 radical (unpaired) electrons. The van der Waals surface area contributed by atoms with Crippen molar-refractivity contribution in [3.63, 3.8) is 0 Å². The number of anilines is 1. The molecule has 0 saturated carbocycles. The summed E-state index contributed by atoms with van der Waals surface area (Å²) in [6.07, 6.45) is 4.19. The smallest absolute Gasteiger partial charge is 0.180 e. The lowest BCUT2D eigenvalue weighted by atomic mass is 10.1. The molecule has 0 fully saturated rings. The molecule has 112 valence electrons. The van der Waals surface area contributed by atoms with Crippen molar-refractivity contribution >= 4 is 17.0 Å². The molecule has 0 saturated heterocycles. The van der Waals surface area contributed by atoms with Gasteiger partial charge in [0.1, 0.15) is 17.1 Å². The standard InChI is InChI=1S/C17H18N4O/c1-2-22-15-6-4-3-5-13(15)9-10-19-16-8-7-14-17(21-16)20-12-11-18-14/h3-8,11-12H,2,9-10H2,1H3,(H,19,20,21). The third-order valence-corrected chi connectivity index (χ3v) is 3.30. The van der Waals surface area contributed by atoms with Gasteiger partial charge in [-0.05, 0) is 37.1 Å². The highest BCUT2D eigenvalue weighted by atomic mass is 16.5. The molecule has 3 rings (SSSR count). The zero-order chi connectivity index (χ0) is 15.2. The number of rotatable bonds is 6. The van der Waals surface area contributed by atoms with Gasteiger partial charge in [-0.15, -0.1) is 0 Å². The van der Waals surface area contributed by atoms with Gasteiger partial charge in [0.05, 0.1) is 6.61 Å². The molecule has 0 spiro atoms. The summed E-state index contributed by atoms with van der Waals surface area (Å²) in [5, 5.41) is 3.32. The Labute approximate surface area is 129 Å². The van der Waals surface area contributed by atoms with Gasteiger partial charge in [0, 0.05) is 18.9 Å². The molecule has 0 amide bonds. The lowest BCUT2D eigenvalue weighted by Crippen LogP contribution is -2.08. The van der Waals surface area contributed by atoms with Crippen molar-refractivity contribution in [3.05, 3.63) is 54.4 Å². The van der Waals surface area contributed by atoms with E-state index in [1.54, 1.807) is 12.4 Å². The number of pyridine rings is 1. The van der Waals surface area contributed by atoms with Crippen molar-refractivity contribution in [2.24, 2.45) is 0 Å². The van der Waals surface area contributed by atoms with E-state index in [0.717, 1.165) is 30.0 Å². The van der Waals surface area contributed by atoms with Crippen molar-refractivity contribution in [1.29, 1.82) is 0 Å². The number of fused-ring (bicyclic) bond motifs is 1. The maximum atomic E-state index is 5.64. The van der Waals surface area contributed by atoms with Gasteiger partial charge in [0.15, 0.2) is 5.65 Å². The van der Waals surface area contributed by atoms with Crippen molar-refractivity contribution in [2.45, 2.75) is 13.3 Å². The summed E-state index contributed by atoms with van der Waals surface area (Å²) in [7, 11) is 0. The lowest BCUT2D eigenvalue weighted by Gasteiger charge is -2.10. The summed E-state index contributed by atoms with van der Waals surface area (Å²) >= 11 is 0. The van der Waals surface area contributed by atoms with Crippen LogP contribution in [0.5, 0.6) is 5.75 Å². The van der Waals surface area contributed by atoms with Gasteiger partial charge in [-0.25, -0.2) is 9.97 Å². The van der Waals surface area contributed by atoms with Crippen LogP contribution in [0.3, 0.4) is 0 Å². The summed E-state index contributed by atoms with van der Waals surface area (Å²) in [6.45, 7) is 3.45. The van der Waals surface area contributed by atoms with Crippen LogP contribution in [-0.4, -0.2) is 28.1 Å². The molecule has 1 N–H and O–H groups in total. The van der Waals surface area contributed by atoms with Crippen molar-refractivity contribution in [3.8, 4) is 5.75 Å². The third kappa shape index (κ3) is 3.31. The topological polar surface area (TPSA) is 59.9 Å². The fourth-order valence-corrected chi connectivity index (χ4v) is 2.28. The van der Waals surface area contributed by atoms with E-state index in [1.165, 1.54) is 5.56 Å². The van der Waals surface area contributed by atoms with E-state index in [-0.39, 0.29) is 0 Å². The van der Waals surface area contributed by atoms with E-state index in [9.17, 15) is 0 Å². The predicted octanol–water partition coefficient (Wildman–Crippen LogP) is 3.08. The fraction of sp³-hybridized carbons (Fsp3) is 0.235. The van der Waals surface area contributed by atoms with Crippen molar-refractivity contribution < 1.29 is 4.74 Å². The number of para-hydroxylation sites is 1. The number of ether oxygens (including phenoxy) is 1. The molecule has 22 heavy (non-hydrogen) atoms. The second-order valence-corrected chi connectivity index (χ2v) is 4.81. The largest absolute Gasteiger partial charge is 0.494 e. The molecular weight excluding hydrogens is 276 g/mol. The maximum absolute atomic E-state index is 5.64. The summed E-state index contributed by atoms with van der Waals surface area (Å²) in [4.78, 5) is 12.9. The van der Waals surface area contributed by atoms with Gasteiger partial charge < -0.3 is 10.1 Å². The van der Waals surface area contributed by atoms with Crippen LogP contribution in [0.25, 0.3) is 11.2 Å². The van der Waals surface area contributed by atoms with E-state index < -0.39 is 0 Å². The number of hydrogen-bond donors (Lipinski definition) is 1. The van der Waals surface area contributed by atoms with Crippen LogP contribution in [0.4, 0.5) is 5.82 Å². The number of benzene rings is 1. The Kier molecular flexibility index (Phi) is 4.44. The summed E-state index contributed by atoms with van der Waals surface area (Å²) in [5.41, 5.74) is 2.65. The minimum absolute atomic E-state index is 0.655. The van der Waals surface area contributed by atoms with Crippen LogP contribution >= 0.6 is 0 Å². The molecular formula is C17H18N4O. The lowest BCUT2D eigenvalue weighted by molar-refractivity contribution is 0.336. The van der Waals surface area contributed by atoms with Crippen LogP contribution < -0.4 is 10.1 Å². The molecule has 5 heteroatoms. The minimum Gasteiger partial charge on any atom is -0.494 e. The molecule has 0 unspecified atom stereocenters. The van der Waals surface area contributed by atoms with E-state index in [1.807, 2.05) is 37.3 Å². The Bertz CT molecular complexity index is 760. The van der Waals surface area contributed by atoms with Crippen LogP contribution in [0.1, 0.15) is 12.5 Å². The second kappa shape index (κ2) is 6.85. The molecule has 0 bridgehead atoms. The van der Waals surface area contributed by atoms with Crippen LogP contribution in [-0.2, 0) is 6.42 Å². The highest BCUT2D eigenvalue weighted by Gasteiger charge is 2.03. The predicted molar refractivity (Wildman–Crippen MR) is 87.1 cm³/mol. The Hall–Kier alpha value is -2.69.